The Balaban J connectivity index is 1.70. The van der Waals surface area contributed by atoms with Crippen molar-refractivity contribution in [3.63, 3.8) is 0 Å². The molecule has 1 aromatic carbocycles. The van der Waals surface area contributed by atoms with Gasteiger partial charge in [-0.2, -0.15) is 0 Å². The van der Waals surface area contributed by atoms with Crippen LogP contribution >= 0.6 is 0 Å². The van der Waals surface area contributed by atoms with Gasteiger partial charge in [-0.25, -0.2) is 14.2 Å². The van der Waals surface area contributed by atoms with Crippen LogP contribution in [0.1, 0.15) is 39.0 Å². The number of benzene rings is 1. The smallest absolute Gasteiger partial charge is 0.326 e. The number of nitrogen functional groups attached to an aromatic ring is 1. The molecule has 0 unspecified atom stereocenters. The summed E-state index contributed by atoms with van der Waals surface area (Å²) in [6, 6.07) is 6.96. The zero-order chi connectivity index (χ0) is 25.5. The van der Waals surface area contributed by atoms with E-state index in [2.05, 4.69) is 20.8 Å². The molecular weight excluding hydrogens is 451 g/mol. The molecule has 0 saturated heterocycles. The monoisotopic (exact) mass is 478 g/mol. The first-order chi connectivity index (χ1) is 16.5. The molecule has 4 aromatic rings. The van der Waals surface area contributed by atoms with Gasteiger partial charge < -0.3 is 20.1 Å². The summed E-state index contributed by atoms with van der Waals surface area (Å²) >= 11 is 0. The maximum absolute atomic E-state index is 14.8. The van der Waals surface area contributed by atoms with Gasteiger partial charge in [0, 0.05) is 41.2 Å². The topological polar surface area (TPSA) is 128 Å². The summed E-state index contributed by atoms with van der Waals surface area (Å²) in [6.07, 6.45) is 1.59. The molecular formula is C25H27FN6O3. The largest absolute Gasteiger partial charge is 0.384 e. The van der Waals surface area contributed by atoms with E-state index >= 15 is 0 Å². The predicted molar refractivity (Wildman–Crippen MR) is 134 cm³/mol. The van der Waals surface area contributed by atoms with Crippen molar-refractivity contribution in [2.75, 3.05) is 16.4 Å². The van der Waals surface area contributed by atoms with Crippen LogP contribution < -0.4 is 21.9 Å². The third-order valence-corrected chi connectivity index (χ3v) is 5.68. The number of hydrogen-bond donors (Lipinski definition) is 3. The molecule has 0 radical (unpaired) electrons. The molecule has 35 heavy (non-hydrogen) atoms. The molecule has 0 aliphatic heterocycles. The van der Waals surface area contributed by atoms with Gasteiger partial charge in [-0.15, -0.1) is 0 Å². The number of aryl methyl sites for hydroxylation is 2. The molecule has 10 heteroatoms. The molecule has 3 heterocycles. The summed E-state index contributed by atoms with van der Waals surface area (Å²) in [5, 5.41) is 9.66. The zero-order valence-corrected chi connectivity index (χ0v) is 20.2. The number of halogens is 1. The normalized spacial score (nSPS) is 11.6. The van der Waals surface area contributed by atoms with E-state index in [0.717, 1.165) is 0 Å². The first-order valence-corrected chi connectivity index (χ1v) is 11.1. The Morgan fingerprint density at radius 1 is 1.14 bits per heavy atom. The number of hydrogen-bond acceptors (Lipinski definition) is 6. The number of carbonyl (C=O) groups is 1. The molecule has 0 aliphatic carbocycles. The Bertz CT molecular complexity index is 1500. The lowest BCUT2D eigenvalue weighted by Gasteiger charge is -2.15. The number of nitrogens with zero attached hydrogens (tertiary/aromatic N) is 3. The molecule has 182 valence electrons. The number of urea groups is 1. The maximum Gasteiger partial charge on any atom is 0.326 e. The first kappa shape index (κ1) is 23.9. The average molecular weight is 479 g/mol. The fourth-order valence-corrected chi connectivity index (χ4v) is 3.81. The second-order valence-corrected chi connectivity index (χ2v) is 9.33. The molecule has 3 aromatic heterocycles. The van der Waals surface area contributed by atoms with Crippen molar-refractivity contribution in [3.05, 3.63) is 64.0 Å². The summed E-state index contributed by atoms with van der Waals surface area (Å²) in [4.78, 5) is 30.0. The number of rotatable bonds is 4. The van der Waals surface area contributed by atoms with Crippen LogP contribution in [0.3, 0.4) is 0 Å². The van der Waals surface area contributed by atoms with Gasteiger partial charge in [0.25, 0.3) is 5.56 Å². The standard InChI is InChI=1S/C25H27FN6O3/c1-6-32-19-10-21(27)28-12-14(19)8-16(23(32)33)15-9-18(17(26)7-13(15)2)29-24(34)30-22-11-20(31-35-22)25(3,4)5/h7-12H,6H2,1-5H3,(H2,27,28)(H2,29,30,34). The second-order valence-electron chi connectivity index (χ2n) is 9.33. The highest BCUT2D eigenvalue weighted by Crippen LogP contribution is 2.30. The summed E-state index contributed by atoms with van der Waals surface area (Å²) in [7, 11) is 0. The Labute approximate surface area is 201 Å². The molecule has 0 fully saturated rings. The maximum atomic E-state index is 14.8. The van der Waals surface area contributed by atoms with Crippen LogP contribution in [0.15, 0.2) is 45.8 Å². The zero-order valence-electron chi connectivity index (χ0n) is 20.2. The van der Waals surface area contributed by atoms with Crippen LogP contribution in [0.2, 0.25) is 0 Å². The van der Waals surface area contributed by atoms with Crippen LogP contribution in [-0.4, -0.2) is 20.7 Å². The van der Waals surface area contributed by atoms with Gasteiger partial charge in [0.1, 0.15) is 11.6 Å². The Morgan fingerprint density at radius 3 is 2.54 bits per heavy atom. The van der Waals surface area contributed by atoms with E-state index in [1.165, 1.54) is 12.1 Å². The van der Waals surface area contributed by atoms with Gasteiger partial charge in [0.05, 0.1) is 16.9 Å². The van der Waals surface area contributed by atoms with Crippen molar-refractivity contribution in [1.82, 2.24) is 14.7 Å². The lowest BCUT2D eigenvalue weighted by Crippen LogP contribution is -2.22. The molecule has 0 aliphatic rings. The van der Waals surface area contributed by atoms with Gasteiger partial charge in [-0.1, -0.05) is 25.9 Å². The molecule has 0 atom stereocenters. The van der Waals surface area contributed by atoms with E-state index in [1.54, 1.807) is 35.9 Å². The number of nitrogens with one attached hydrogen (secondary N) is 2. The number of carbonyl (C=O) groups excluding carboxylic acids is 1. The van der Waals surface area contributed by atoms with Gasteiger partial charge in [-0.05, 0) is 43.2 Å². The third-order valence-electron chi connectivity index (χ3n) is 5.68. The quantitative estimate of drug-likeness (QED) is 0.377. The lowest BCUT2D eigenvalue weighted by molar-refractivity contribution is 0.261. The Morgan fingerprint density at radius 2 is 1.89 bits per heavy atom. The minimum Gasteiger partial charge on any atom is -0.384 e. The predicted octanol–water partition coefficient (Wildman–Crippen LogP) is 5.04. The van der Waals surface area contributed by atoms with E-state index in [0.29, 0.717) is 45.6 Å². The molecule has 0 bridgehead atoms. The van der Waals surface area contributed by atoms with Crippen molar-refractivity contribution >= 4 is 34.3 Å². The van der Waals surface area contributed by atoms with E-state index in [4.69, 9.17) is 10.3 Å². The Hall–Kier alpha value is -4.21. The fraction of sp³-hybridized carbons (Fsp3) is 0.280. The number of fused-ring (bicyclic) bond motifs is 1. The molecule has 9 nitrogen and oxygen atoms in total. The number of pyridine rings is 2. The van der Waals surface area contributed by atoms with Crippen molar-refractivity contribution in [2.45, 2.75) is 46.6 Å². The van der Waals surface area contributed by atoms with Crippen molar-refractivity contribution < 1.29 is 13.7 Å². The van der Waals surface area contributed by atoms with Crippen molar-refractivity contribution in [3.8, 4) is 11.1 Å². The summed E-state index contributed by atoms with van der Waals surface area (Å²) in [6.45, 7) is 9.84. The Kier molecular flexibility index (Phi) is 6.06. The number of nitrogens with two attached hydrogens (primary N) is 1. The highest BCUT2D eigenvalue weighted by Gasteiger charge is 2.21. The van der Waals surface area contributed by atoms with Gasteiger partial charge >= 0.3 is 6.03 Å². The molecule has 0 saturated carbocycles. The van der Waals surface area contributed by atoms with Crippen LogP contribution in [-0.2, 0) is 12.0 Å². The molecule has 2 amide bonds. The van der Waals surface area contributed by atoms with Gasteiger partial charge in [0.15, 0.2) is 0 Å². The average Bonchev–Trinajstić information content (AvgIpc) is 3.24. The van der Waals surface area contributed by atoms with Gasteiger partial charge in [-0.3, -0.25) is 10.1 Å². The second kappa shape index (κ2) is 8.86. The first-order valence-electron chi connectivity index (χ1n) is 11.1. The van der Waals surface area contributed by atoms with E-state index < -0.39 is 11.8 Å². The van der Waals surface area contributed by atoms with E-state index in [1.807, 2.05) is 27.7 Å². The highest BCUT2D eigenvalue weighted by molar-refractivity contribution is 5.99. The summed E-state index contributed by atoms with van der Waals surface area (Å²) in [5.74, 6) is -0.198. The van der Waals surface area contributed by atoms with Crippen LogP contribution in [0.5, 0.6) is 0 Å². The fourth-order valence-electron chi connectivity index (χ4n) is 3.81. The highest BCUT2D eigenvalue weighted by atomic mass is 19.1. The molecule has 4 rings (SSSR count). The van der Waals surface area contributed by atoms with Crippen LogP contribution in [0.25, 0.3) is 22.0 Å². The van der Waals surface area contributed by atoms with Crippen LogP contribution in [0, 0.1) is 12.7 Å². The van der Waals surface area contributed by atoms with E-state index in [-0.39, 0.29) is 22.5 Å². The van der Waals surface area contributed by atoms with Gasteiger partial charge in [0.2, 0.25) is 5.88 Å². The van der Waals surface area contributed by atoms with Crippen LogP contribution in [0.4, 0.5) is 26.6 Å². The van der Waals surface area contributed by atoms with Crippen molar-refractivity contribution in [1.29, 1.82) is 0 Å². The minimum absolute atomic E-state index is 0.0864. The molecule has 0 spiro atoms. The van der Waals surface area contributed by atoms with Crippen molar-refractivity contribution in [2.24, 2.45) is 0 Å². The minimum atomic E-state index is -0.709. The van der Waals surface area contributed by atoms with E-state index in [9.17, 15) is 14.0 Å². The third kappa shape index (κ3) is 4.72. The lowest BCUT2D eigenvalue weighted by atomic mass is 9.92. The summed E-state index contributed by atoms with van der Waals surface area (Å²) in [5.41, 5.74) is 7.92. The SMILES string of the molecule is CCn1c(=O)c(-c2cc(NC(=O)Nc3cc(C(C)(C)C)no3)c(F)cc2C)cc2cnc(N)cc21. The number of amides is 2. The number of aromatic nitrogens is 3. The number of anilines is 3. The summed E-state index contributed by atoms with van der Waals surface area (Å²) < 4.78 is 21.5. The molecule has 4 N–H and O–H groups in total.